The molecule has 0 saturated carbocycles. The van der Waals surface area contributed by atoms with Crippen LogP contribution in [0.1, 0.15) is 153 Å². The monoisotopic (exact) mass is 686 g/mol. The molecule has 0 radical (unpaired) electrons. The third-order valence-corrected chi connectivity index (χ3v) is 15.6. The summed E-state index contributed by atoms with van der Waals surface area (Å²) in [5.74, 6) is 0. The molecule has 0 spiro atoms. The van der Waals surface area contributed by atoms with Crippen LogP contribution >= 0.6 is 22.7 Å². The van der Waals surface area contributed by atoms with Crippen molar-refractivity contribution in [1.82, 2.24) is 0 Å². The maximum Gasteiger partial charge on any atom is 0.0449 e. The second kappa shape index (κ2) is 13.8. The van der Waals surface area contributed by atoms with Gasteiger partial charge in [-0.3, -0.25) is 0 Å². The van der Waals surface area contributed by atoms with E-state index >= 15 is 0 Å². The molecule has 258 valence electrons. The number of fused-ring (bicyclic) bond motifs is 4. The maximum atomic E-state index is 2.76. The highest BCUT2D eigenvalue weighted by molar-refractivity contribution is 7.24. The summed E-state index contributed by atoms with van der Waals surface area (Å²) in [6, 6.07) is 27.1. The summed E-state index contributed by atoms with van der Waals surface area (Å²) in [4.78, 5) is 5.70. The molecule has 2 aliphatic rings. The second-order valence-electron chi connectivity index (χ2n) is 16.3. The van der Waals surface area contributed by atoms with E-state index in [0.717, 1.165) is 6.42 Å². The summed E-state index contributed by atoms with van der Waals surface area (Å²) < 4.78 is 0. The molecule has 0 N–H and O–H groups in total. The lowest BCUT2D eigenvalue weighted by molar-refractivity contribution is 0.399. The zero-order valence-electron chi connectivity index (χ0n) is 31.4. The maximum absolute atomic E-state index is 2.76. The number of rotatable bonds is 15. The fourth-order valence-corrected chi connectivity index (χ4v) is 11.4. The molecule has 0 saturated heterocycles. The van der Waals surface area contributed by atoms with Gasteiger partial charge in [0.05, 0.1) is 0 Å². The highest BCUT2D eigenvalue weighted by atomic mass is 32.1. The molecular formula is C47H58S2. The van der Waals surface area contributed by atoms with Gasteiger partial charge in [-0.1, -0.05) is 136 Å². The molecule has 0 nitrogen and oxygen atoms in total. The van der Waals surface area contributed by atoms with Crippen molar-refractivity contribution in [2.45, 2.75) is 148 Å². The molecule has 2 aromatic heterocycles. The van der Waals surface area contributed by atoms with Crippen LogP contribution in [0.2, 0.25) is 0 Å². The van der Waals surface area contributed by atoms with Gasteiger partial charge in [-0.15, -0.1) is 22.7 Å². The van der Waals surface area contributed by atoms with E-state index in [0.29, 0.717) is 0 Å². The van der Waals surface area contributed by atoms with Crippen LogP contribution in [0.15, 0.2) is 66.7 Å². The van der Waals surface area contributed by atoms with Crippen LogP contribution in [0.3, 0.4) is 0 Å². The van der Waals surface area contributed by atoms with Crippen LogP contribution in [0.5, 0.6) is 0 Å². The number of hydrogen-bond donors (Lipinski definition) is 0. The Bertz CT molecular complexity index is 1930. The van der Waals surface area contributed by atoms with Gasteiger partial charge in [-0.2, -0.15) is 0 Å². The molecule has 2 heterocycles. The van der Waals surface area contributed by atoms with E-state index in [9.17, 15) is 0 Å². The molecule has 3 aromatic carbocycles. The molecule has 0 fully saturated rings. The Morgan fingerprint density at radius 2 is 1.37 bits per heavy atom. The largest absolute Gasteiger partial charge is 0.139 e. The lowest BCUT2D eigenvalue weighted by Gasteiger charge is -2.34. The SMILES string of the molecule is CCCCCCC1(CCCCCC)c2cc(-c3ccc(-c4ccc(C(C)(C)CC)s4)s3)ccc2-c2c1cc1c3c(cccc23)CC1(C)CC. The van der Waals surface area contributed by atoms with Crippen molar-refractivity contribution in [2.24, 2.45) is 0 Å². The van der Waals surface area contributed by atoms with Crippen molar-refractivity contribution >= 4 is 33.4 Å². The molecule has 7 rings (SSSR count). The highest BCUT2D eigenvalue weighted by Gasteiger charge is 2.46. The van der Waals surface area contributed by atoms with E-state index in [1.165, 1.54) is 113 Å². The molecule has 1 atom stereocenters. The first-order valence-electron chi connectivity index (χ1n) is 19.6. The number of thiophene rings is 2. The average molecular weight is 687 g/mol. The topological polar surface area (TPSA) is 0 Å². The molecule has 2 aliphatic carbocycles. The lowest BCUT2D eigenvalue weighted by atomic mass is 9.69. The molecule has 0 aliphatic heterocycles. The van der Waals surface area contributed by atoms with Crippen molar-refractivity contribution in [3.8, 4) is 31.3 Å². The standard InChI is InChI=1S/C47H58S2/c1-8-12-14-16-27-47(28-17-15-13-9-2)36-29-32(39-23-24-40(48-39)41-25-26-42(49-41)45(5,6)10-3)21-22-34(36)44-35-20-18-19-33-31-46(7,11-4)37(43(33)35)30-38(44)47/h18-26,29-30H,8-17,27-28,31H2,1-7H3. The van der Waals surface area contributed by atoms with E-state index in [4.69, 9.17) is 0 Å². The molecule has 5 aromatic rings. The quantitative estimate of drug-likeness (QED) is 0.0962. The third-order valence-electron chi connectivity index (χ3n) is 12.8. The summed E-state index contributed by atoms with van der Waals surface area (Å²) in [5, 5.41) is 3.08. The van der Waals surface area contributed by atoms with Crippen molar-refractivity contribution in [3.63, 3.8) is 0 Å². The number of hydrogen-bond acceptors (Lipinski definition) is 2. The minimum atomic E-state index is 0.0780. The van der Waals surface area contributed by atoms with Gasteiger partial charge >= 0.3 is 0 Å². The van der Waals surface area contributed by atoms with Crippen molar-refractivity contribution in [1.29, 1.82) is 0 Å². The van der Waals surface area contributed by atoms with E-state index in [-0.39, 0.29) is 16.2 Å². The Balaban J connectivity index is 1.38. The first-order valence-corrected chi connectivity index (χ1v) is 21.3. The minimum absolute atomic E-state index is 0.0780. The Morgan fingerprint density at radius 3 is 2.06 bits per heavy atom. The van der Waals surface area contributed by atoms with Gasteiger partial charge in [-0.05, 0) is 123 Å². The van der Waals surface area contributed by atoms with E-state index in [2.05, 4.69) is 115 Å². The van der Waals surface area contributed by atoms with Crippen molar-refractivity contribution in [2.75, 3.05) is 0 Å². The molecule has 2 heteroatoms. The zero-order valence-corrected chi connectivity index (χ0v) is 33.0. The summed E-state index contributed by atoms with van der Waals surface area (Å²) in [6.07, 6.45) is 16.6. The molecule has 49 heavy (non-hydrogen) atoms. The van der Waals surface area contributed by atoms with Crippen LogP contribution in [0.25, 0.3) is 42.1 Å². The van der Waals surface area contributed by atoms with Gasteiger partial charge in [0.15, 0.2) is 0 Å². The Kier molecular flexibility index (Phi) is 9.79. The van der Waals surface area contributed by atoms with Gasteiger partial charge in [0.1, 0.15) is 0 Å². The third kappa shape index (κ3) is 5.97. The normalized spacial score (nSPS) is 17.6. The molecule has 0 bridgehead atoms. The van der Waals surface area contributed by atoms with E-state index < -0.39 is 0 Å². The predicted molar refractivity (Wildman–Crippen MR) is 219 cm³/mol. The fourth-order valence-electron chi connectivity index (χ4n) is 9.14. The van der Waals surface area contributed by atoms with Gasteiger partial charge in [0.25, 0.3) is 0 Å². The summed E-state index contributed by atoms with van der Waals surface area (Å²) in [7, 11) is 0. The van der Waals surface area contributed by atoms with Crippen molar-refractivity contribution in [3.05, 3.63) is 93.9 Å². The van der Waals surface area contributed by atoms with Crippen LogP contribution in [-0.2, 0) is 22.7 Å². The second-order valence-corrected chi connectivity index (χ2v) is 18.5. The Morgan fingerprint density at radius 1 is 0.673 bits per heavy atom. The van der Waals surface area contributed by atoms with Gasteiger partial charge in [-0.25, -0.2) is 0 Å². The van der Waals surface area contributed by atoms with Crippen LogP contribution in [0, 0.1) is 0 Å². The Hall–Kier alpha value is -2.68. The summed E-state index contributed by atoms with van der Waals surface area (Å²) in [5.41, 5.74) is 11.5. The predicted octanol–water partition coefficient (Wildman–Crippen LogP) is 15.4. The lowest BCUT2D eigenvalue weighted by Crippen LogP contribution is -2.27. The number of unbranched alkanes of at least 4 members (excludes halogenated alkanes) is 6. The summed E-state index contributed by atoms with van der Waals surface area (Å²) in [6.45, 7) is 16.7. The average Bonchev–Trinajstić information content (AvgIpc) is 3.90. The molecule has 0 amide bonds. The smallest absolute Gasteiger partial charge is 0.0449 e. The Labute approximate surface area is 305 Å². The highest BCUT2D eigenvalue weighted by Crippen LogP contribution is 2.60. The molecule has 1 unspecified atom stereocenters. The van der Waals surface area contributed by atoms with Gasteiger partial charge in [0.2, 0.25) is 0 Å². The first kappa shape index (κ1) is 34.8. The number of benzene rings is 3. The molecular weight excluding hydrogens is 629 g/mol. The van der Waals surface area contributed by atoms with Crippen LogP contribution in [0.4, 0.5) is 0 Å². The van der Waals surface area contributed by atoms with Crippen LogP contribution < -0.4 is 0 Å². The fraction of sp³-hybridized carbons (Fsp3) is 0.489. The minimum Gasteiger partial charge on any atom is -0.139 e. The first-order chi connectivity index (χ1) is 23.7. The van der Waals surface area contributed by atoms with Gasteiger partial charge in [0, 0.05) is 24.9 Å². The van der Waals surface area contributed by atoms with Gasteiger partial charge < -0.3 is 0 Å². The van der Waals surface area contributed by atoms with Crippen molar-refractivity contribution < 1.29 is 0 Å². The van der Waals surface area contributed by atoms with E-state index in [1.54, 1.807) is 33.2 Å². The zero-order chi connectivity index (χ0) is 34.4. The van der Waals surface area contributed by atoms with E-state index in [1.807, 2.05) is 22.7 Å². The van der Waals surface area contributed by atoms with Crippen LogP contribution in [-0.4, -0.2) is 0 Å². The summed E-state index contributed by atoms with van der Waals surface area (Å²) >= 11 is 3.96.